The Balaban J connectivity index is 1.58. The smallest absolute Gasteiger partial charge is 0.408 e. The van der Waals surface area contributed by atoms with Crippen LogP contribution < -0.4 is 10.6 Å². The Morgan fingerprint density at radius 2 is 1.93 bits per heavy atom. The molecule has 154 valence electrons. The van der Waals surface area contributed by atoms with Crippen LogP contribution in [0.1, 0.15) is 77.2 Å². The summed E-state index contributed by atoms with van der Waals surface area (Å²) in [6.07, 6.45) is 10.2. The number of carbonyl (C=O) groups excluding carboxylic acids is 2. The van der Waals surface area contributed by atoms with Crippen molar-refractivity contribution in [2.45, 2.75) is 82.8 Å². The fourth-order valence-corrected chi connectivity index (χ4v) is 4.11. The molecule has 2 fully saturated rings. The van der Waals surface area contributed by atoms with Crippen molar-refractivity contribution in [2.75, 3.05) is 6.54 Å². The van der Waals surface area contributed by atoms with Gasteiger partial charge >= 0.3 is 6.09 Å². The molecule has 0 bridgehead atoms. The summed E-state index contributed by atoms with van der Waals surface area (Å²) in [4.78, 5) is 29.3. The zero-order valence-electron chi connectivity index (χ0n) is 17.3. The normalized spacial score (nSPS) is 24.0. The first-order valence-corrected chi connectivity index (χ1v) is 10.5. The molecular formula is C22H33N3O3. The molecule has 2 saturated carbocycles. The SMILES string of the molecule is CC(C)(C)OC(=O)NC1(CNC(=O)[C@H]2C[C@@H]2c2cccnc2)CCCCCC1. The number of carbonyl (C=O) groups is 2. The number of alkyl carbamates (subject to hydrolysis) is 1. The third-order valence-corrected chi connectivity index (χ3v) is 5.67. The van der Waals surface area contributed by atoms with E-state index in [1.807, 2.05) is 39.1 Å². The van der Waals surface area contributed by atoms with Gasteiger partial charge in [-0.2, -0.15) is 0 Å². The number of hydrogen-bond donors (Lipinski definition) is 2. The molecule has 2 amide bonds. The number of nitrogens with one attached hydrogen (secondary N) is 2. The number of ether oxygens (including phenoxy) is 1. The highest BCUT2D eigenvalue weighted by Gasteiger charge is 2.45. The quantitative estimate of drug-likeness (QED) is 0.751. The summed E-state index contributed by atoms with van der Waals surface area (Å²) in [5.41, 5.74) is 0.163. The van der Waals surface area contributed by atoms with Crippen LogP contribution in [-0.4, -0.2) is 34.7 Å². The van der Waals surface area contributed by atoms with Crippen molar-refractivity contribution in [3.8, 4) is 0 Å². The minimum atomic E-state index is -0.537. The molecule has 3 rings (SSSR count). The summed E-state index contributed by atoms with van der Waals surface area (Å²) in [5, 5.41) is 6.22. The lowest BCUT2D eigenvalue weighted by Crippen LogP contribution is -2.56. The van der Waals surface area contributed by atoms with Gasteiger partial charge in [0.25, 0.3) is 0 Å². The fraction of sp³-hybridized carbons (Fsp3) is 0.682. The molecule has 2 aliphatic rings. The second-order valence-electron chi connectivity index (χ2n) is 9.27. The van der Waals surface area contributed by atoms with Crippen LogP contribution >= 0.6 is 0 Å². The molecule has 6 nitrogen and oxygen atoms in total. The maximum absolute atomic E-state index is 12.7. The molecule has 0 spiro atoms. The molecule has 2 aliphatic carbocycles. The Bertz CT molecular complexity index is 676. The molecule has 1 aromatic heterocycles. The van der Waals surface area contributed by atoms with Gasteiger partial charge in [-0.05, 0) is 57.6 Å². The molecule has 0 radical (unpaired) electrons. The van der Waals surface area contributed by atoms with Gasteiger partial charge in [0.15, 0.2) is 0 Å². The fourth-order valence-electron chi connectivity index (χ4n) is 4.11. The van der Waals surface area contributed by atoms with Crippen molar-refractivity contribution in [1.29, 1.82) is 0 Å². The summed E-state index contributed by atoms with van der Waals surface area (Å²) in [6, 6.07) is 3.94. The van der Waals surface area contributed by atoms with Crippen molar-refractivity contribution in [2.24, 2.45) is 5.92 Å². The maximum atomic E-state index is 12.7. The molecule has 0 saturated heterocycles. The lowest BCUT2D eigenvalue weighted by Gasteiger charge is -2.35. The van der Waals surface area contributed by atoms with Crippen LogP contribution in [0, 0.1) is 5.92 Å². The van der Waals surface area contributed by atoms with E-state index < -0.39 is 17.2 Å². The Morgan fingerprint density at radius 1 is 1.21 bits per heavy atom. The van der Waals surface area contributed by atoms with Crippen LogP contribution in [0.3, 0.4) is 0 Å². The van der Waals surface area contributed by atoms with E-state index in [-0.39, 0.29) is 17.7 Å². The predicted molar refractivity (Wildman–Crippen MR) is 108 cm³/mol. The average molecular weight is 388 g/mol. The molecule has 1 aromatic rings. The Labute approximate surface area is 167 Å². The van der Waals surface area contributed by atoms with E-state index in [4.69, 9.17) is 4.74 Å². The van der Waals surface area contributed by atoms with E-state index in [1.165, 1.54) is 0 Å². The van der Waals surface area contributed by atoms with E-state index in [9.17, 15) is 9.59 Å². The molecule has 28 heavy (non-hydrogen) atoms. The van der Waals surface area contributed by atoms with Crippen LogP contribution in [-0.2, 0) is 9.53 Å². The summed E-state index contributed by atoms with van der Waals surface area (Å²) in [7, 11) is 0. The molecule has 2 atom stereocenters. The first-order valence-electron chi connectivity index (χ1n) is 10.5. The molecule has 2 N–H and O–H groups in total. The van der Waals surface area contributed by atoms with E-state index in [0.717, 1.165) is 50.5 Å². The largest absolute Gasteiger partial charge is 0.444 e. The maximum Gasteiger partial charge on any atom is 0.408 e. The topological polar surface area (TPSA) is 80.3 Å². The van der Waals surface area contributed by atoms with Crippen LogP contribution in [0.15, 0.2) is 24.5 Å². The Kier molecular flexibility index (Phi) is 6.26. The van der Waals surface area contributed by atoms with Crippen molar-refractivity contribution in [3.05, 3.63) is 30.1 Å². The van der Waals surface area contributed by atoms with Gasteiger partial charge in [-0.3, -0.25) is 9.78 Å². The second kappa shape index (κ2) is 8.50. The standard InChI is InChI=1S/C22H33N3O3/c1-21(2,3)28-20(27)25-22(10-6-4-5-7-11-22)15-24-19(26)18-13-17(18)16-9-8-12-23-14-16/h8-9,12,14,17-18H,4-7,10-11,13,15H2,1-3H3,(H,24,26)(H,25,27)/t17-,18+/m1/s1. The van der Waals surface area contributed by atoms with Gasteiger partial charge in [0, 0.05) is 24.9 Å². The van der Waals surface area contributed by atoms with Gasteiger partial charge in [0.2, 0.25) is 5.91 Å². The number of hydrogen-bond acceptors (Lipinski definition) is 4. The monoisotopic (exact) mass is 387 g/mol. The van der Waals surface area contributed by atoms with E-state index in [1.54, 1.807) is 6.20 Å². The number of amides is 2. The number of pyridine rings is 1. The van der Waals surface area contributed by atoms with E-state index in [0.29, 0.717) is 6.54 Å². The predicted octanol–water partition coefficient (Wildman–Crippen LogP) is 3.92. The average Bonchev–Trinajstić information content (AvgIpc) is 3.44. The van der Waals surface area contributed by atoms with E-state index >= 15 is 0 Å². The third kappa shape index (κ3) is 5.69. The highest BCUT2D eigenvalue weighted by molar-refractivity contribution is 5.83. The summed E-state index contributed by atoms with van der Waals surface area (Å²) in [6.45, 7) is 6.04. The first kappa shape index (κ1) is 20.6. The van der Waals surface area contributed by atoms with E-state index in [2.05, 4.69) is 15.6 Å². The molecule has 0 aromatic carbocycles. The highest BCUT2D eigenvalue weighted by Crippen LogP contribution is 2.47. The highest BCUT2D eigenvalue weighted by atomic mass is 16.6. The lowest BCUT2D eigenvalue weighted by molar-refractivity contribution is -0.122. The number of rotatable bonds is 5. The zero-order valence-corrected chi connectivity index (χ0v) is 17.3. The molecule has 1 heterocycles. The number of nitrogens with zero attached hydrogens (tertiary/aromatic N) is 1. The van der Waals surface area contributed by atoms with Gasteiger partial charge in [0.1, 0.15) is 5.60 Å². The number of aromatic nitrogens is 1. The van der Waals surface area contributed by atoms with Crippen molar-refractivity contribution < 1.29 is 14.3 Å². The lowest BCUT2D eigenvalue weighted by atomic mass is 9.90. The zero-order chi connectivity index (χ0) is 20.2. The summed E-state index contributed by atoms with van der Waals surface area (Å²) >= 11 is 0. The third-order valence-electron chi connectivity index (χ3n) is 5.67. The minimum absolute atomic E-state index is 0.00792. The minimum Gasteiger partial charge on any atom is -0.444 e. The van der Waals surface area contributed by atoms with Crippen LogP contribution in [0.4, 0.5) is 4.79 Å². The van der Waals surface area contributed by atoms with Gasteiger partial charge in [-0.1, -0.05) is 31.7 Å². The molecular weight excluding hydrogens is 354 g/mol. The molecule has 0 aliphatic heterocycles. The van der Waals surface area contributed by atoms with Crippen LogP contribution in [0.5, 0.6) is 0 Å². The summed E-state index contributed by atoms with van der Waals surface area (Å²) in [5.74, 6) is 0.342. The molecule has 6 heteroatoms. The first-order chi connectivity index (χ1) is 13.3. The van der Waals surface area contributed by atoms with Gasteiger partial charge in [0.05, 0.1) is 5.54 Å². The van der Waals surface area contributed by atoms with Crippen molar-refractivity contribution >= 4 is 12.0 Å². The Hall–Kier alpha value is -2.11. The van der Waals surface area contributed by atoms with Crippen LogP contribution in [0.2, 0.25) is 0 Å². The summed E-state index contributed by atoms with van der Waals surface area (Å²) < 4.78 is 5.48. The van der Waals surface area contributed by atoms with Gasteiger partial charge < -0.3 is 15.4 Å². The van der Waals surface area contributed by atoms with Crippen molar-refractivity contribution in [3.63, 3.8) is 0 Å². The Morgan fingerprint density at radius 3 is 2.54 bits per heavy atom. The van der Waals surface area contributed by atoms with Crippen molar-refractivity contribution in [1.82, 2.24) is 15.6 Å². The van der Waals surface area contributed by atoms with Crippen LogP contribution in [0.25, 0.3) is 0 Å². The molecule has 0 unspecified atom stereocenters. The second-order valence-corrected chi connectivity index (χ2v) is 9.27. The van der Waals surface area contributed by atoms with Gasteiger partial charge in [-0.25, -0.2) is 4.79 Å². The van der Waals surface area contributed by atoms with Gasteiger partial charge in [-0.15, -0.1) is 0 Å².